The fraction of sp³-hybridized carbons (Fsp3) is 0.736. The van der Waals surface area contributed by atoms with Crippen molar-refractivity contribution in [2.24, 2.45) is 0 Å². The largest absolute Gasteiger partial charge is 0.462 e. The first kappa shape index (κ1) is 61.1. The Kier molecular flexibility index (Phi) is 35.6. The molecule has 0 aliphatic carbocycles. The first-order valence-electron chi connectivity index (χ1n) is 25.6. The maximum absolute atomic E-state index is 13.0. The molecule has 2 saturated heterocycles. The summed E-state index contributed by atoms with van der Waals surface area (Å²) in [5.41, 5.74) is 0. The van der Waals surface area contributed by atoms with Crippen LogP contribution in [-0.4, -0.2) is 142 Å². The lowest BCUT2D eigenvalue weighted by Gasteiger charge is -2.42. The zero-order chi connectivity index (χ0) is 49.6. The Morgan fingerprint density at radius 2 is 0.985 bits per heavy atom. The highest BCUT2D eigenvalue weighted by molar-refractivity contribution is 5.70. The van der Waals surface area contributed by atoms with E-state index in [0.29, 0.717) is 12.8 Å². The summed E-state index contributed by atoms with van der Waals surface area (Å²) in [7, 11) is 0. The Labute approximate surface area is 406 Å². The summed E-state index contributed by atoms with van der Waals surface area (Å²) in [6.07, 6.45) is 29.2. The maximum Gasteiger partial charge on any atom is 0.306 e. The Bertz CT molecular complexity index is 1460. The van der Waals surface area contributed by atoms with Crippen molar-refractivity contribution in [3.63, 3.8) is 0 Å². The highest BCUT2D eigenvalue weighted by atomic mass is 16.7. The van der Waals surface area contributed by atoms with E-state index in [0.717, 1.165) is 77.0 Å². The predicted molar refractivity (Wildman–Crippen MR) is 261 cm³/mol. The first-order chi connectivity index (χ1) is 33.0. The molecule has 15 heteroatoms. The third-order valence-corrected chi connectivity index (χ3v) is 11.8. The lowest BCUT2D eigenvalue weighted by Crippen LogP contribution is -2.61. The summed E-state index contributed by atoms with van der Waals surface area (Å²) in [4.78, 5) is 25.8. The summed E-state index contributed by atoms with van der Waals surface area (Å²) in [6.45, 7) is 2.38. The molecule has 2 aliphatic heterocycles. The smallest absolute Gasteiger partial charge is 0.306 e. The highest BCUT2D eigenvalue weighted by Crippen LogP contribution is 2.26. The van der Waals surface area contributed by atoms with Crippen LogP contribution in [0.2, 0.25) is 0 Å². The second-order valence-electron chi connectivity index (χ2n) is 17.7. The van der Waals surface area contributed by atoms with Crippen molar-refractivity contribution in [3.05, 3.63) is 72.9 Å². The van der Waals surface area contributed by atoms with Gasteiger partial charge < -0.3 is 64.2 Å². The van der Waals surface area contributed by atoms with Gasteiger partial charge in [0.2, 0.25) is 0 Å². The van der Waals surface area contributed by atoms with Gasteiger partial charge in [-0.2, -0.15) is 0 Å². The molecular weight excluding hydrogens is 877 g/mol. The molecule has 68 heavy (non-hydrogen) atoms. The molecule has 2 heterocycles. The first-order valence-corrected chi connectivity index (χ1v) is 25.6. The normalized spacial score (nSPS) is 26.4. The molecule has 0 bridgehead atoms. The van der Waals surface area contributed by atoms with Gasteiger partial charge in [-0.05, 0) is 64.2 Å². The minimum absolute atomic E-state index is 0.133. The molecule has 2 fully saturated rings. The van der Waals surface area contributed by atoms with E-state index in [-0.39, 0.29) is 19.4 Å². The molecule has 11 atom stereocenters. The van der Waals surface area contributed by atoms with Gasteiger partial charge in [0.25, 0.3) is 0 Å². The zero-order valence-corrected chi connectivity index (χ0v) is 41.1. The quantitative estimate of drug-likeness (QED) is 0.0142. The van der Waals surface area contributed by atoms with Crippen LogP contribution >= 0.6 is 0 Å². The lowest BCUT2D eigenvalue weighted by atomic mass is 9.98. The minimum Gasteiger partial charge on any atom is -0.462 e. The minimum atomic E-state index is -1.77. The summed E-state index contributed by atoms with van der Waals surface area (Å²) in [5.74, 6) is -0.967. The molecule has 0 aromatic heterocycles. The number of carbonyl (C=O) groups excluding carboxylic acids is 2. The topological polar surface area (TPSA) is 231 Å². The summed E-state index contributed by atoms with van der Waals surface area (Å²) in [5, 5.41) is 72.1. The predicted octanol–water partition coefficient (Wildman–Crippen LogP) is 7.04. The van der Waals surface area contributed by atoms with Gasteiger partial charge in [0.15, 0.2) is 18.7 Å². The summed E-state index contributed by atoms with van der Waals surface area (Å²) in [6, 6.07) is 0. The number of aliphatic hydroxyl groups excluding tert-OH is 7. The molecular formula is C53H88O15. The fourth-order valence-corrected chi connectivity index (χ4v) is 7.55. The van der Waals surface area contributed by atoms with Gasteiger partial charge in [-0.15, -0.1) is 0 Å². The molecule has 0 aromatic rings. The van der Waals surface area contributed by atoms with Crippen LogP contribution in [0.25, 0.3) is 0 Å². The van der Waals surface area contributed by atoms with E-state index in [2.05, 4.69) is 50.3 Å². The van der Waals surface area contributed by atoms with Crippen LogP contribution in [0.15, 0.2) is 72.9 Å². The highest BCUT2D eigenvalue weighted by Gasteiger charge is 2.47. The van der Waals surface area contributed by atoms with E-state index in [1.54, 1.807) is 0 Å². The standard InChI is InChI=1S/C53H88O15/c1-3-5-7-9-11-13-15-17-19-20-22-23-25-27-29-31-33-35-44(55)63-38-41(66-45(56)36-34-32-30-28-26-24-21-18-16-14-12-10-8-6-4-2)39-64-52-51(62)49(60)47(58)43(68-52)40-65-53-50(61)48(59)46(57)42(37-54)67-53/h6,8,10-14,16-19,21,41-43,46-54,57-62H,3-5,7,9,15,20,22-40H2,1-2H3/b8-6+,12-10+,13-11+,16-14+,19-17+,21-18+/t41-,42+,43+,46-,47-,48?,49?,50?,51?,52+,53+/m0/s1. The van der Waals surface area contributed by atoms with E-state index in [1.165, 1.54) is 38.5 Å². The van der Waals surface area contributed by atoms with Crippen LogP contribution in [-0.2, 0) is 38.0 Å². The summed E-state index contributed by atoms with van der Waals surface area (Å²) < 4.78 is 33.5. The van der Waals surface area contributed by atoms with Crippen molar-refractivity contribution >= 4 is 11.9 Å². The number of allylic oxidation sites excluding steroid dienone is 12. The molecule has 0 amide bonds. The molecule has 0 aromatic carbocycles. The average Bonchev–Trinajstić information content (AvgIpc) is 3.33. The second-order valence-corrected chi connectivity index (χ2v) is 17.7. The average molecular weight is 965 g/mol. The van der Waals surface area contributed by atoms with Gasteiger partial charge in [0.1, 0.15) is 55.4 Å². The van der Waals surface area contributed by atoms with Crippen molar-refractivity contribution in [3.8, 4) is 0 Å². The Morgan fingerprint density at radius 3 is 1.57 bits per heavy atom. The number of unbranched alkanes of at least 4 members (excludes halogenated alkanes) is 15. The Morgan fingerprint density at radius 1 is 0.500 bits per heavy atom. The molecule has 2 aliphatic rings. The van der Waals surface area contributed by atoms with Crippen molar-refractivity contribution in [2.75, 3.05) is 26.4 Å². The van der Waals surface area contributed by atoms with Gasteiger partial charge in [0, 0.05) is 12.8 Å². The number of esters is 2. The van der Waals surface area contributed by atoms with E-state index in [1.807, 2.05) is 36.5 Å². The SMILES string of the molecule is CC/C=C/C=C/C=C/C=C/CCCCCCCC(=O)O[C@@H](COC(=O)CCCCCCCCC/C=C/C/C=C/CCCCC)CO[C@@H]1O[C@H](CO[C@@H]2O[C@H](CO)[C@H](O)C(O)C2O)[C@H](O)C(O)C1O. The second kappa shape index (κ2) is 39.6. The number of hydrogen-bond acceptors (Lipinski definition) is 15. The van der Waals surface area contributed by atoms with E-state index >= 15 is 0 Å². The van der Waals surface area contributed by atoms with Crippen LogP contribution < -0.4 is 0 Å². The van der Waals surface area contributed by atoms with Crippen molar-refractivity contribution < 1.29 is 73.8 Å². The van der Waals surface area contributed by atoms with Gasteiger partial charge in [-0.1, -0.05) is 151 Å². The van der Waals surface area contributed by atoms with Crippen molar-refractivity contribution in [1.82, 2.24) is 0 Å². The zero-order valence-electron chi connectivity index (χ0n) is 41.1. The Balaban J connectivity index is 1.82. The molecule has 0 saturated carbocycles. The third-order valence-electron chi connectivity index (χ3n) is 11.8. The number of carbonyl (C=O) groups is 2. The number of rotatable bonds is 38. The van der Waals surface area contributed by atoms with Gasteiger partial charge >= 0.3 is 11.9 Å². The van der Waals surface area contributed by atoms with Crippen LogP contribution in [0.4, 0.5) is 0 Å². The lowest BCUT2D eigenvalue weighted by molar-refractivity contribution is -0.332. The molecule has 7 N–H and O–H groups in total. The van der Waals surface area contributed by atoms with Gasteiger partial charge in [-0.3, -0.25) is 9.59 Å². The third kappa shape index (κ3) is 27.4. The monoisotopic (exact) mass is 965 g/mol. The van der Waals surface area contributed by atoms with Crippen LogP contribution in [0.1, 0.15) is 155 Å². The molecule has 2 rings (SSSR count). The van der Waals surface area contributed by atoms with Gasteiger partial charge in [0.05, 0.1) is 19.8 Å². The van der Waals surface area contributed by atoms with E-state index < -0.39 is 99.3 Å². The molecule has 0 radical (unpaired) electrons. The number of ether oxygens (including phenoxy) is 6. The van der Waals surface area contributed by atoms with Crippen molar-refractivity contribution in [2.45, 2.75) is 223 Å². The van der Waals surface area contributed by atoms with E-state index in [4.69, 9.17) is 28.4 Å². The van der Waals surface area contributed by atoms with Gasteiger partial charge in [-0.25, -0.2) is 0 Å². The van der Waals surface area contributed by atoms with Crippen LogP contribution in [0.5, 0.6) is 0 Å². The molecule has 390 valence electrons. The number of aliphatic hydroxyl groups is 7. The van der Waals surface area contributed by atoms with Crippen LogP contribution in [0.3, 0.4) is 0 Å². The Hall–Kier alpha value is -3.06. The molecule has 15 nitrogen and oxygen atoms in total. The fourth-order valence-electron chi connectivity index (χ4n) is 7.55. The van der Waals surface area contributed by atoms with Crippen molar-refractivity contribution in [1.29, 1.82) is 0 Å². The van der Waals surface area contributed by atoms with E-state index in [9.17, 15) is 45.3 Å². The summed E-state index contributed by atoms with van der Waals surface area (Å²) >= 11 is 0. The molecule has 4 unspecified atom stereocenters. The number of hydrogen-bond donors (Lipinski definition) is 7. The maximum atomic E-state index is 13.0. The molecule has 0 spiro atoms. The van der Waals surface area contributed by atoms with Crippen LogP contribution in [0, 0.1) is 0 Å².